The van der Waals surface area contributed by atoms with Crippen molar-refractivity contribution < 1.29 is 0 Å². The monoisotopic (exact) mass is 202 g/mol. The minimum absolute atomic E-state index is 0.543. The number of aromatic nitrogens is 3. The van der Waals surface area contributed by atoms with E-state index in [1.54, 1.807) is 6.20 Å². The lowest BCUT2D eigenvalue weighted by Gasteiger charge is -2.04. The molecule has 2 aromatic heterocycles. The van der Waals surface area contributed by atoms with Gasteiger partial charge in [-0.2, -0.15) is 0 Å². The maximum atomic E-state index is 5.83. The number of aryl methyl sites for hydroxylation is 1. The van der Waals surface area contributed by atoms with Crippen molar-refractivity contribution >= 4 is 16.9 Å². The molecule has 15 heavy (non-hydrogen) atoms. The highest BCUT2D eigenvalue weighted by atomic mass is 15.1. The van der Waals surface area contributed by atoms with Gasteiger partial charge in [0.2, 0.25) is 0 Å². The van der Waals surface area contributed by atoms with Crippen molar-refractivity contribution in [2.75, 3.05) is 5.73 Å². The number of fused-ring (bicyclic) bond motifs is 1. The number of imidazole rings is 1. The van der Waals surface area contributed by atoms with E-state index in [1.807, 2.05) is 6.07 Å². The predicted octanol–water partition coefficient (Wildman–Crippen LogP) is 1.91. The molecule has 0 saturated heterocycles. The van der Waals surface area contributed by atoms with Crippen LogP contribution in [0.5, 0.6) is 0 Å². The van der Waals surface area contributed by atoms with Gasteiger partial charge >= 0.3 is 0 Å². The van der Waals surface area contributed by atoms with E-state index in [0.29, 0.717) is 11.9 Å². The summed E-state index contributed by atoms with van der Waals surface area (Å²) in [5.41, 5.74) is 7.83. The van der Waals surface area contributed by atoms with Gasteiger partial charge in [-0.1, -0.05) is 6.92 Å². The molecule has 0 radical (unpaired) electrons. The molecule has 4 heteroatoms. The number of pyridine rings is 1. The van der Waals surface area contributed by atoms with Gasteiger partial charge in [0.25, 0.3) is 0 Å². The summed E-state index contributed by atoms with van der Waals surface area (Å²) >= 11 is 0. The van der Waals surface area contributed by atoms with E-state index in [4.69, 9.17) is 5.73 Å². The fourth-order valence-corrected chi connectivity index (χ4v) is 2.08. The van der Waals surface area contributed by atoms with Crippen LogP contribution in [0.25, 0.3) is 11.0 Å². The summed E-state index contributed by atoms with van der Waals surface area (Å²) in [5.74, 6) is 1.67. The molecule has 4 nitrogen and oxygen atoms in total. The number of nitrogens with two attached hydrogens (primary N) is 1. The molecular weight excluding hydrogens is 188 g/mol. The van der Waals surface area contributed by atoms with Crippen molar-refractivity contribution in [1.82, 2.24) is 14.5 Å². The quantitative estimate of drug-likeness (QED) is 0.809. The topological polar surface area (TPSA) is 56.7 Å². The molecule has 0 spiro atoms. The SMILES string of the molecule is CCc1nc2c(N)nccc2n1C1CC1. The lowest BCUT2D eigenvalue weighted by molar-refractivity contribution is 0.708. The number of nitrogen functional groups attached to an aromatic ring is 1. The minimum atomic E-state index is 0.543. The smallest absolute Gasteiger partial charge is 0.151 e. The van der Waals surface area contributed by atoms with E-state index >= 15 is 0 Å². The molecule has 1 fully saturated rings. The highest BCUT2D eigenvalue weighted by molar-refractivity contribution is 5.85. The second-order valence-corrected chi connectivity index (χ2v) is 4.05. The summed E-state index contributed by atoms with van der Waals surface area (Å²) in [4.78, 5) is 8.65. The van der Waals surface area contributed by atoms with E-state index in [9.17, 15) is 0 Å². The molecule has 0 bridgehead atoms. The molecule has 78 valence electrons. The van der Waals surface area contributed by atoms with Crippen LogP contribution in [-0.2, 0) is 6.42 Å². The second kappa shape index (κ2) is 2.95. The Hall–Kier alpha value is -1.58. The van der Waals surface area contributed by atoms with E-state index in [0.717, 1.165) is 23.3 Å². The number of rotatable bonds is 2. The highest BCUT2D eigenvalue weighted by Gasteiger charge is 2.28. The Balaban J connectivity index is 2.33. The zero-order chi connectivity index (χ0) is 10.4. The first-order valence-corrected chi connectivity index (χ1v) is 5.42. The van der Waals surface area contributed by atoms with Crippen LogP contribution in [0, 0.1) is 0 Å². The molecule has 1 aliphatic carbocycles. The Bertz CT molecular complexity index is 511. The molecule has 0 atom stereocenters. The van der Waals surface area contributed by atoms with Crippen molar-refractivity contribution in [3.05, 3.63) is 18.1 Å². The van der Waals surface area contributed by atoms with Crippen molar-refractivity contribution in [2.24, 2.45) is 0 Å². The van der Waals surface area contributed by atoms with Crippen molar-refractivity contribution in [1.29, 1.82) is 0 Å². The third-order valence-electron chi connectivity index (χ3n) is 2.94. The summed E-state index contributed by atoms with van der Waals surface area (Å²) in [6.07, 6.45) is 5.24. The third kappa shape index (κ3) is 1.21. The van der Waals surface area contributed by atoms with Gasteiger partial charge in [0.05, 0.1) is 5.52 Å². The largest absolute Gasteiger partial charge is 0.382 e. The number of hydrogen-bond donors (Lipinski definition) is 1. The highest BCUT2D eigenvalue weighted by Crippen LogP contribution is 2.39. The van der Waals surface area contributed by atoms with E-state index < -0.39 is 0 Å². The first kappa shape index (κ1) is 8.71. The molecule has 0 aliphatic heterocycles. The van der Waals surface area contributed by atoms with Crippen LogP contribution in [0.2, 0.25) is 0 Å². The van der Waals surface area contributed by atoms with Crippen LogP contribution < -0.4 is 5.73 Å². The van der Waals surface area contributed by atoms with E-state index in [-0.39, 0.29) is 0 Å². The average Bonchev–Trinajstić information content (AvgIpc) is 3.00. The van der Waals surface area contributed by atoms with E-state index in [1.165, 1.54) is 12.8 Å². The molecule has 3 rings (SSSR count). The maximum absolute atomic E-state index is 5.83. The van der Waals surface area contributed by atoms with E-state index in [2.05, 4.69) is 21.5 Å². The van der Waals surface area contributed by atoms with Gasteiger partial charge in [-0.25, -0.2) is 9.97 Å². The van der Waals surface area contributed by atoms with Gasteiger partial charge < -0.3 is 10.3 Å². The Morgan fingerprint density at radius 1 is 1.53 bits per heavy atom. The minimum Gasteiger partial charge on any atom is -0.382 e. The van der Waals surface area contributed by atoms with Crippen LogP contribution in [0.1, 0.15) is 31.6 Å². The number of hydrogen-bond acceptors (Lipinski definition) is 3. The number of nitrogens with zero attached hydrogens (tertiary/aromatic N) is 3. The molecule has 0 unspecified atom stereocenters. The molecule has 0 aromatic carbocycles. The number of anilines is 1. The summed E-state index contributed by atoms with van der Waals surface area (Å²) < 4.78 is 2.33. The summed E-state index contributed by atoms with van der Waals surface area (Å²) in [6.45, 7) is 2.13. The standard InChI is InChI=1S/C11H14N4/c1-2-9-14-10-8(5-6-13-11(10)12)15(9)7-3-4-7/h5-7H,2-4H2,1H3,(H2,12,13). The van der Waals surface area contributed by atoms with Gasteiger partial charge in [-0.3, -0.25) is 0 Å². The fourth-order valence-electron chi connectivity index (χ4n) is 2.08. The van der Waals surface area contributed by atoms with Gasteiger partial charge in [-0.15, -0.1) is 0 Å². The third-order valence-corrected chi connectivity index (χ3v) is 2.94. The normalized spacial score (nSPS) is 16.1. The average molecular weight is 202 g/mol. The second-order valence-electron chi connectivity index (χ2n) is 4.05. The summed E-state index contributed by atoms with van der Waals surface area (Å²) in [7, 11) is 0. The van der Waals surface area contributed by atoms with Crippen LogP contribution >= 0.6 is 0 Å². The fraction of sp³-hybridized carbons (Fsp3) is 0.455. The van der Waals surface area contributed by atoms with Crippen molar-refractivity contribution in [2.45, 2.75) is 32.2 Å². The molecule has 1 aliphatic rings. The van der Waals surface area contributed by atoms with Gasteiger partial charge in [0, 0.05) is 18.7 Å². The van der Waals surface area contributed by atoms with Crippen LogP contribution in [0.15, 0.2) is 12.3 Å². The lowest BCUT2D eigenvalue weighted by Crippen LogP contribution is -1.99. The van der Waals surface area contributed by atoms with Crippen LogP contribution in [0.4, 0.5) is 5.82 Å². The Labute approximate surface area is 88.1 Å². The first-order chi connectivity index (χ1) is 7.31. The van der Waals surface area contributed by atoms with Gasteiger partial charge in [0.15, 0.2) is 5.82 Å². The van der Waals surface area contributed by atoms with Gasteiger partial charge in [-0.05, 0) is 18.9 Å². The maximum Gasteiger partial charge on any atom is 0.151 e. The van der Waals surface area contributed by atoms with Crippen LogP contribution in [-0.4, -0.2) is 14.5 Å². The van der Waals surface area contributed by atoms with Crippen molar-refractivity contribution in [3.8, 4) is 0 Å². The molecule has 2 N–H and O–H groups in total. The predicted molar refractivity (Wildman–Crippen MR) is 59.6 cm³/mol. The molecule has 2 aromatic rings. The Kier molecular flexibility index (Phi) is 1.71. The molecule has 0 amide bonds. The molecule has 2 heterocycles. The van der Waals surface area contributed by atoms with Crippen molar-refractivity contribution in [3.63, 3.8) is 0 Å². The van der Waals surface area contributed by atoms with Crippen LogP contribution in [0.3, 0.4) is 0 Å². The zero-order valence-electron chi connectivity index (χ0n) is 8.77. The summed E-state index contributed by atoms with van der Waals surface area (Å²) in [6, 6.07) is 2.66. The Morgan fingerprint density at radius 2 is 2.33 bits per heavy atom. The summed E-state index contributed by atoms with van der Waals surface area (Å²) in [5, 5.41) is 0. The molecule has 1 saturated carbocycles. The molecular formula is C11H14N4. The first-order valence-electron chi connectivity index (χ1n) is 5.42. The lowest BCUT2D eigenvalue weighted by atomic mass is 10.3. The van der Waals surface area contributed by atoms with Gasteiger partial charge in [0.1, 0.15) is 11.3 Å². The Morgan fingerprint density at radius 3 is 3.00 bits per heavy atom. The zero-order valence-corrected chi connectivity index (χ0v) is 8.77.